The van der Waals surface area contributed by atoms with Crippen LogP contribution in [-0.4, -0.2) is 23.2 Å². The van der Waals surface area contributed by atoms with Gasteiger partial charge in [-0.25, -0.2) is 0 Å². The summed E-state index contributed by atoms with van der Waals surface area (Å²) in [6.07, 6.45) is 1.96. The molecular formula is C12H16ClNO2S. The smallest absolute Gasteiger partial charge is 0.0594 e. The van der Waals surface area contributed by atoms with Crippen molar-refractivity contribution < 1.29 is 8.95 Å². The Morgan fingerprint density at radius 2 is 2.12 bits per heavy atom. The van der Waals surface area contributed by atoms with Crippen LogP contribution >= 0.6 is 11.6 Å². The largest absolute Gasteiger partial charge is 0.399 e. The fraction of sp³-hybridized carbons (Fsp3) is 0.500. The zero-order valence-electron chi connectivity index (χ0n) is 9.52. The van der Waals surface area contributed by atoms with Crippen molar-refractivity contribution in [2.75, 3.05) is 24.7 Å². The van der Waals surface area contributed by atoms with Crippen LogP contribution < -0.4 is 5.73 Å². The Kier molecular flexibility index (Phi) is 4.42. The summed E-state index contributed by atoms with van der Waals surface area (Å²) in [5, 5.41) is 0.532. The first kappa shape index (κ1) is 12.9. The van der Waals surface area contributed by atoms with Gasteiger partial charge in [-0.15, -0.1) is 0 Å². The second-order valence-corrected chi connectivity index (χ2v) is 6.13. The monoisotopic (exact) mass is 273 g/mol. The van der Waals surface area contributed by atoms with Crippen LogP contribution in [0.4, 0.5) is 5.69 Å². The van der Waals surface area contributed by atoms with Crippen molar-refractivity contribution >= 4 is 28.1 Å². The Hall–Kier alpha value is -0.580. The van der Waals surface area contributed by atoms with Gasteiger partial charge in [0.2, 0.25) is 0 Å². The summed E-state index contributed by atoms with van der Waals surface area (Å²) in [5.41, 5.74) is 6.29. The molecule has 5 heteroatoms. The highest BCUT2D eigenvalue weighted by Gasteiger charge is 2.19. The lowest BCUT2D eigenvalue weighted by Crippen LogP contribution is -2.21. The molecule has 1 fully saturated rings. The second kappa shape index (κ2) is 5.85. The van der Waals surface area contributed by atoms with Gasteiger partial charge in [0.25, 0.3) is 0 Å². The van der Waals surface area contributed by atoms with Crippen LogP contribution in [0.5, 0.6) is 0 Å². The average molecular weight is 274 g/mol. The predicted octanol–water partition coefficient (Wildman–Crippen LogP) is 2.46. The summed E-state index contributed by atoms with van der Waals surface area (Å²) in [5.74, 6) is 1.11. The van der Waals surface area contributed by atoms with Gasteiger partial charge in [-0.1, -0.05) is 11.6 Å². The lowest BCUT2D eigenvalue weighted by Gasteiger charge is -2.21. The van der Waals surface area contributed by atoms with Crippen molar-refractivity contribution in [3.63, 3.8) is 0 Å². The van der Waals surface area contributed by atoms with Crippen molar-refractivity contribution in [3.05, 3.63) is 23.2 Å². The molecule has 1 aromatic carbocycles. The summed E-state index contributed by atoms with van der Waals surface area (Å²) < 4.78 is 17.5. The molecular weight excluding hydrogens is 258 g/mol. The normalized spacial score (nSPS) is 19.1. The first-order chi connectivity index (χ1) is 8.16. The number of rotatable bonds is 3. The standard InChI is InChI=1S/C12H16ClNO2S/c13-11-2-1-10(14)7-12(11)17(15)8-9-3-5-16-6-4-9/h1-2,7,9H,3-6,8,14H2. The number of ether oxygens (including phenoxy) is 1. The van der Waals surface area contributed by atoms with Gasteiger partial charge in [-0.3, -0.25) is 4.21 Å². The maximum atomic E-state index is 12.2. The maximum Gasteiger partial charge on any atom is 0.0594 e. The Morgan fingerprint density at radius 3 is 2.82 bits per heavy atom. The van der Waals surface area contributed by atoms with E-state index in [0.29, 0.717) is 27.3 Å². The molecule has 0 aromatic heterocycles. The topological polar surface area (TPSA) is 52.3 Å². The minimum absolute atomic E-state index is 0.460. The van der Waals surface area contributed by atoms with Crippen LogP contribution in [0.1, 0.15) is 12.8 Å². The van der Waals surface area contributed by atoms with Crippen LogP contribution in [0, 0.1) is 5.92 Å². The Balaban J connectivity index is 2.05. The van der Waals surface area contributed by atoms with E-state index in [1.807, 2.05) is 0 Å². The summed E-state index contributed by atoms with van der Waals surface area (Å²) >= 11 is 6.04. The Labute approximate surface area is 109 Å². The molecule has 2 N–H and O–H groups in total. The van der Waals surface area contributed by atoms with Gasteiger partial charge >= 0.3 is 0 Å². The van der Waals surface area contributed by atoms with Crippen molar-refractivity contribution in [1.29, 1.82) is 0 Å². The Morgan fingerprint density at radius 1 is 1.41 bits per heavy atom. The molecule has 1 aromatic rings. The van der Waals surface area contributed by atoms with Gasteiger partial charge in [0.05, 0.1) is 20.7 Å². The van der Waals surface area contributed by atoms with Crippen LogP contribution in [0.3, 0.4) is 0 Å². The number of hydrogen-bond acceptors (Lipinski definition) is 3. The fourth-order valence-electron chi connectivity index (χ4n) is 1.91. The van der Waals surface area contributed by atoms with E-state index in [1.165, 1.54) is 0 Å². The summed E-state index contributed by atoms with van der Waals surface area (Å²) in [6.45, 7) is 1.54. The molecule has 1 atom stereocenters. The number of halogens is 1. The first-order valence-corrected chi connectivity index (χ1v) is 7.37. The van der Waals surface area contributed by atoms with Gasteiger partial charge in [-0.2, -0.15) is 0 Å². The van der Waals surface area contributed by atoms with Crippen molar-refractivity contribution in [1.82, 2.24) is 0 Å². The molecule has 0 amide bonds. The fourth-order valence-corrected chi connectivity index (χ4v) is 3.78. The second-order valence-electron chi connectivity index (χ2n) is 4.26. The number of nitrogens with two attached hydrogens (primary N) is 1. The molecule has 2 rings (SSSR count). The van der Waals surface area contributed by atoms with Gasteiger partial charge in [0, 0.05) is 24.7 Å². The van der Waals surface area contributed by atoms with Crippen LogP contribution in [0.2, 0.25) is 5.02 Å². The lowest BCUT2D eigenvalue weighted by atomic mass is 10.0. The minimum Gasteiger partial charge on any atom is -0.399 e. The van der Waals surface area contributed by atoms with Crippen molar-refractivity contribution in [3.8, 4) is 0 Å². The lowest BCUT2D eigenvalue weighted by molar-refractivity contribution is 0.0725. The van der Waals surface area contributed by atoms with Crippen molar-refractivity contribution in [2.24, 2.45) is 5.92 Å². The highest BCUT2D eigenvalue weighted by atomic mass is 35.5. The Bertz CT molecular complexity index is 419. The molecule has 0 spiro atoms. The summed E-state index contributed by atoms with van der Waals surface area (Å²) in [7, 11) is -1.07. The molecule has 0 aliphatic carbocycles. The van der Waals surface area contributed by atoms with Gasteiger partial charge in [-0.05, 0) is 37.0 Å². The van der Waals surface area contributed by atoms with E-state index in [0.717, 1.165) is 26.1 Å². The molecule has 0 radical (unpaired) electrons. The van der Waals surface area contributed by atoms with Gasteiger partial charge in [0.1, 0.15) is 0 Å². The van der Waals surface area contributed by atoms with E-state index < -0.39 is 10.8 Å². The molecule has 0 bridgehead atoms. The molecule has 1 heterocycles. The third kappa shape index (κ3) is 3.44. The van der Waals surface area contributed by atoms with Gasteiger partial charge < -0.3 is 10.5 Å². The third-order valence-corrected chi connectivity index (χ3v) is 4.97. The number of benzene rings is 1. The molecule has 17 heavy (non-hydrogen) atoms. The maximum absolute atomic E-state index is 12.2. The molecule has 1 unspecified atom stereocenters. The summed E-state index contributed by atoms with van der Waals surface area (Å²) in [4.78, 5) is 0.651. The minimum atomic E-state index is -1.07. The number of hydrogen-bond donors (Lipinski definition) is 1. The molecule has 1 aliphatic rings. The van der Waals surface area contributed by atoms with E-state index in [2.05, 4.69) is 0 Å². The zero-order valence-corrected chi connectivity index (χ0v) is 11.1. The average Bonchev–Trinajstić information content (AvgIpc) is 2.33. The quantitative estimate of drug-likeness (QED) is 0.861. The molecule has 1 aliphatic heterocycles. The number of anilines is 1. The molecule has 0 saturated carbocycles. The van der Waals surface area contributed by atoms with E-state index in [4.69, 9.17) is 22.1 Å². The van der Waals surface area contributed by atoms with E-state index in [9.17, 15) is 4.21 Å². The van der Waals surface area contributed by atoms with E-state index >= 15 is 0 Å². The predicted molar refractivity (Wildman–Crippen MR) is 70.7 cm³/mol. The number of nitrogen functional groups attached to an aromatic ring is 1. The first-order valence-electron chi connectivity index (χ1n) is 5.68. The summed E-state index contributed by atoms with van der Waals surface area (Å²) in [6, 6.07) is 5.13. The van der Waals surface area contributed by atoms with E-state index in [-0.39, 0.29) is 0 Å². The van der Waals surface area contributed by atoms with Crippen molar-refractivity contribution in [2.45, 2.75) is 17.7 Å². The highest BCUT2D eigenvalue weighted by molar-refractivity contribution is 7.85. The molecule has 1 saturated heterocycles. The SMILES string of the molecule is Nc1ccc(Cl)c(S(=O)CC2CCOCC2)c1. The van der Waals surface area contributed by atoms with E-state index in [1.54, 1.807) is 18.2 Å². The van der Waals surface area contributed by atoms with Gasteiger partial charge in [0.15, 0.2) is 0 Å². The molecule has 94 valence electrons. The zero-order chi connectivity index (χ0) is 12.3. The van der Waals surface area contributed by atoms with Crippen LogP contribution in [-0.2, 0) is 15.5 Å². The van der Waals surface area contributed by atoms with Crippen LogP contribution in [0.15, 0.2) is 23.1 Å². The van der Waals surface area contributed by atoms with Crippen LogP contribution in [0.25, 0.3) is 0 Å². The third-order valence-electron chi connectivity index (χ3n) is 2.93. The molecule has 3 nitrogen and oxygen atoms in total. The highest BCUT2D eigenvalue weighted by Crippen LogP contribution is 2.25.